The number of fused-ring (bicyclic) bond motifs is 1. The van der Waals surface area contributed by atoms with Gasteiger partial charge in [0, 0.05) is 0 Å². The second kappa shape index (κ2) is 6.82. The summed E-state index contributed by atoms with van der Waals surface area (Å²) < 4.78 is 0. The van der Waals surface area contributed by atoms with E-state index in [9.17, 15) is 9.59 Å². The van der Waals surface area contributed by atoms with Gasteiger partial charge in [0.05, 0.1) is 15.8 Å². The number of hydrogen-bond acceptors (Lipinski definition) is 4. The molecule has 1 aromatic heterocycles. The molecule has 3 rings (SSSR count). The highest BCUT2D eigenvalue weighted by molar-refractivity contribution is 7.15. The SMILES string of the molecule is C[C@@H](NC(=O)c1ccc(C(=O)NO)s1)c1ccc2ccccc2c1. The first-order valence-corrected chi connectivity index (χ1v) is 8.24. The molecule has 2 aromatic carbocycles. The third-order valence-electron chi connectivity index (χ3n) is 3.78. The van der Waals surface area contributed by atoms with Crippen molar-refractivity contribution in [3.8, 4) is 0 Å². The number of amides is 2. The van der Waals surface area contributed by atoms with Gasteiger partial charge in [0.25, 0.3) is 11.8 Å². The highest BCUT2D eigenvalue weighted by Crippen LogP contribution is 2.22. The van der Waals surface area contributed by atoms with Crippen LogP contribution in [0.2, 0.25) is 0 Å². The van der Waals surface area contributed by atoms with E-state index >= 15 is 0 Å². The third-order valence-corrected chi connectivity index (χ3v) is 4.86. The van der Waals surface area contributed by atoms with Crippen LogP contribution < -0.4 is 10.8 Å². The molecule has 3 N–H and O–H groups in total. The molecule has 1 atom stereocenters. The van der Waals surface area contributed by atoms with Crippen LogP contribution in [0.25, 0.3) is 10.8 Å². The molecule has 2 amide bonds. The molecular formula is C18H16N2O3S. The lowest BCUT2D eigenvalue weighted by Gasteiger charge is -2.14. The highest BCUT2D eigenvalue weighted by Gasteiger charge is 2.16. The van der Waals surface area contributed by atoms with Crippen molar-refractivity contribution in [1.29, 1.82) is 0 Å². The standard InChI is InChI=1S/C18H16N2O3S/c1-11(13-7-6-12-4-2-3-5-14(12)10-13)19-17(21)15-8-9-16(24-15)18(22)20-23/h2-11,23H,1H3,(H,19,21)(H,20,22)/t11-/m1/s1. The molecule has 0 aliphatic heterocycles. The van der Waals surface area contributed by atoms with Gasteiger partial charge in [-0.1, -0.05) is 36.4 Å². The summed E-state index contributed by atoms with van der Waals surface area (Å²) in [5.74, 6) is -0.876. The Kier molecular flexibility index (Phi) is 4.59. The molecule has 0 bridgehead atoms. The van der Waals surface area contributed by atoms with Gasteiger partial charge in [-0.3, -0.25) is 14.8 Å². The van der Waals surface area contributed by atoms with Crippen LogP contribution in [-0.2, 0) is 0 Å². The predicted octanol–water partition coefficient (Wildman–Crippen LogP) is 3.51. The Morgan fingerprint density at radius 3 is 2.33 bits per heavy atom. The van der Waals surface area contributed by atoms with Gasteiger partial charge in [-0.25, -0.2) is 5.48 Å². The Bertz CT molecular complexity index is 904. The van der Waals surface area contributed by atoms with Crippen molar-refractivity contribution in [2.24, 2.45) is 0 Å². The quantitative estimate of drug-likeness (QED) is 0.502. The zero-order valence-electron chi connectivity index (χ0n) is 12.9. The maximum absolute atomic E-state index is 12.3. The van der Waals surface area contributed by atoms with Gasteiger partial charge >= 0.3 is 0 Å². The van der Waals surface area contributed by atoms with Gasteiger partial charge in [0.15, 0.2) is 0 Å². The van der Waals surface area contributed by atoms with E-state index in [1.165, 1.54) is 6.07 Å². The van der Waals surface area contributed by atoms with E-state index in [-0.39, 0.29) is 16.8 Å². The van der Waals surface area contributed by atoms with Crippen LogP contribution in [0.5, 0.6) is 0 Å². The van der Waals surface area contributed by atoms with E-state index in [1.54, 1.807) is 11.5 Å². The van der Waals surface area contributed by atoms with Crippen molar-refractivity contribution in [2.75, 3.05) is 0 Å². The van der Waals surface area contributed by atoms with Crippen LogP contribution in [0, 0.1) is 0 Å². The average Bonchev–Trinajstić information content (AvgIpc) is 3.10. The molecule has 0 aliphatic carbocycles. The summed E-state index contributed by atoms with van der Waals surface area (Å²) in [6.07, 6.45) is 0. The third kappa shape index (κ3) is 3.29. The molecule has 1 heterocycles. The van der Waals surface area contributed by atoms with E-state index in [0.717, 1.165) is 27.7 Å². The monoisotopic (exact) mass is 340 g/mol. The Balaban J connectivity index is 1.75. The van der Waals surface area contributed by atoms with E-state index in [2.05, 4.69) is 11.4 Å². The second-order valence-corrected chi connectivity index (χ2v) is 6.49. The minimum atomic E-state index is -0.623. The minimum absolute atomic E-state index is 0.167. The number of benzene rings is 2. The van der Waals surface area contributed by atoms with Crippen molar-refractivity contribution in [1.82, 2.24) is 10.8 Å². The van der Waals surface area contributed by atoms with Crippen molar-refractivity contribution in [3.63, 3.8) is 0 Å². The van der Waals surface area contributed by atoms with Crippen LogP contribution in [0.3, 0.4) is 0 Å². The van der Waals surface area contributed by atoms with Gasteiger partial charge < -0.3 is 5.32 Å². The molecular weight excluding hydrogens is 324 g/mol. The van der Waals surface area contributed by atoms with Crippen LogP contribution in [0.4, 0.5) is 0 Å². The van der Waals surface area contributed by atoms with Gasteiger partial charge in [-0.15, -0.1) is 11.3 Å². The van der Waals surface area contributed by atoms with Crippen molar-refractivity contribution in [2.45, 2.75) is 13.0 Å². The van der Waals surface area contributed by atoms with Crippen molar-refractivity contribution < 1.29 is 14.8 Å². The fourth-order valence-corrected chi connectivity index (χ4v) is 3.26. The Labute approximate surface area is 142 Å². The van der Waals surface area contributed by atoms with E-state index in [4.69, 9.17) is 5.21 Å². The fraction of sp³-hybridized carbons (Fsp3) is 0.111. The minimum Gasteiger partial charge on any atom is -0.345 e. The first kappa shape index (κ1) is 16.2. The topological polar surface area (TPSA) is 78.4 Å². The predicted molar refractivity (Wildman–Crippen MR) is 93.4 cm³/mol. The molecule has 6 heteroatoms. The summed E-state index contributed by atoms with van der Waals surface area (Å²) in [6.45, 7) is 1.91. The zero-order valence-corrected chi connectivity index (χ0v) is 13.8. The van der Waals surface area contributed by atoms with E-state index < -0.39 is 5.91 Å². The van der Waals surface area contributed by atoms with Crippen molar-refractivity contribution >= 4 is 33.9 Å². The van der Waals surface area contributed by atoms with Crippen LogP contribution in [0.15, 0.2) is 54.6 Å². The molecule has 24 heavy (non-hydrogen) atoms. The molecule has 0 radical (unpaired) electrons. The van der Waals surface area contributed by atoms with E-state index in [1.807, 2.05) is 43.3 Å². The maximum Gasteiger partial charge on any atom is 0.284 e. The number of thiophene rings is 1. The first-order valence-electron chi connectivity index (χ1n) is 7.42. The molecule has 0 unspecified atom stereocenters. The molecule has 0 fully saturated rings. The fourth-order valence-electron chi connectivity index (χ4n) is 2.47. The Hall–Kier alpha value is -2.70. The smallest absolute Gasteiger partial charge is 0.284 e. The largest absolute Gasteiger partial charge is 0.345 e. The number of carbonyl (C=O) groups excluding carboxylic acids is 2. The lowest BCUT2D eigenvalue weighted by Crippen LogP contribution is -2.25. The maximum atomic E-state index is 12.3. The number of rotatable bonds is 4. The van der Waals surface area contributed by atoms with Crippen LogP contribution in [-0.4, -0.2) is 17.0 Å². The first-order chi connectivity index (χ1) is 11.6. The normalized spacial score (nSPS) is 11.9. The van der Waals surface area contributed by atoms with Gasteiger partial charge in [0.1, 0.15) is 0 Å². The molecule has 0 spiro atoms. The van der Waals surface area contributed by atoms with Gasteiger partial charge in [-0.05, 0) is 41.5 Å². The molecule has 3 aromatic rings. The highest BCUT2D eigenvalue weighted by atomic mass is 32.1. The summed E-state index contributed by atoms with van der Waals surface area (Å²) in [5.41, 5.74) is 2.56. The summed E-state index contributed by atoms with van der Waals surface area (Å²) >= 11 is 1.03. The summed E-state index contributed by atoms with van der Waals surface area (Å²) in [6, 6.07) is 17.0. The summed E-state index contributed by atoms with van der Waals surface area (Å²) in [7, 11) is 0. The molecule has 0 aliphatic rings. The van der Waals surface area contributed by atoms with Gasteiger partial charge in [0.2, 0.25) is 0 Å². The second-order valence-electron chi connectivity index (χ2n) is 5.41. The zero-order chi connectivity index (χ0) is 17.1. The Morgan fingerprint density at radius 2 is 1.62 bits per heavy atom. The van der Waals surface area contributed by atoms with Crippen LogP contribution >= 0.6 is 11.3 Å². The van der Waals surface area contributed by atoms with Gasteiger partial charge in [-0.2, -0.15) is 0 Å². The number of hydrogen-bond donors (Lipinski definition) is 3. The molecule has 0 saturated carbocycles. The Morgan fingerprint density at radius 1 is 0.958 bits per heavy atom. The number of nitrogens with one attached hydrogen (secondary N) is 2. The summed E-state index contributed by atoms with van der Waals surface area (Å²) in [4.78, 5) is 24.4. The molecule has 0 saturated heterocycles. The number of carbonyl (C=O) groups is 2. The van der Waals surface area contributed by atoms with Crippen molar-refractivity contribution in [3.05, 3.63) is 69.9 Å². The lowest BCUT2D eigenvalue weighted by molar-refractivity contribution is 0.0711. The lowest BCUT2D eigenvalue weighted by atomic mass is 10.0. The average molecular weight is 340 g/mol. The van der Waals surface area contributed by atoms with E-state index in [0.29, 0.717) is 4.88 Å². The van der Waals surface area contributed by atoms with Crippen LogP contribution in [0.1, 0.15) is 37.9 Å². The molecule has 5 nitrogen and oxygen atoms in total. The summed E-state index contributed by atoms with van der Waals surface area (Å²) in [5, 5.41) is 13.8. The molecule has 122 valence electrons. The number of hydroxylamine groups is 1.